The van der Waals surface area contributed by atoms with Crippen molar-refractivity contribution in [3.05, 3.63) is 60.4 Å². The van der Waals surface area contributed by atoms with Gasteiger partial charge in [0.2, 0.25) is 5.91 Å². The summed E-state index contributed by atoms with van der Waals surface area (Å²) in [6.45, 7) is 3.31. The SMILES string of the molecule is CC(C)CC(NC(=O)Oc1cc2ccccc2o1)C(=O)N1CCC2C1C(=O)CN2S(=O)(=O)C(=O)c1cccnc1. The van der Waals surface area contributed by atoms with Crippen LogP contribution in [0.3, 0.4) is 0 Å². The Balaban J connectivity index is 1.31. The van der Waals surface area contributed by atoms with Crippen LogP contribution in [-0.4, -0.2) is 76.7 Å². The lowest BCUT2D eigenvalue weighted by Gasteiger charge is -2.28. The molecule has 13 heteroatoms. The summed E-state index contributed by atoms with van der Waals surface area (Å²) >= 11 is 0. The van der Waals surface area contributed by atoms with E-state index in [-0.39, 0.29) is 36.8 Å². The quantitative estimate of drug-likeness (QED) is 0.452. The van der Waals surface area contributed by atoms with E-state index in [2.05, 4.69) is 10.3 Å². The van der Waals surface area contributed by atoms with Crippen LogP contribution < -0.4 is 10.1 Å². The van der Waals surface area contributed by atoms with Gasteiger partial charge in [-0.05, 0) is 37.0 Å². The maximum absolute atomic E-state index is 13.6. The van der Waals surface area contributed by atoms with Gasteiger partial charge >= 0.3 is 6.09 Å². The topological polar surface area (TPSA) is 156 Å². The third-order valence-electron chi connectivity index (χ3n) is 6.99. The minimum absolute atomic E-state index is 0.00731. The Morgan fingerprint density at radius 3 is 2.65 bits per heavy atom. The van der Waals surface area contributed by atoms with E-state index in [9.17, 15) is 27.6 Å². The highest BCUT2D eigenvalue weighted by atomic mass is 32.2. The number of benzene rings is 1. The third-order valence-corrected chi connectivity index (χ3v) is 8.72. The Labute approximate surface area is 230 Å². The maximum atomic E-state index is 13.6. The Morgan fingerprint density at radius 1 is 1.18 bits per heavy atom. The van der Waals surface area contributed by atoms with E-state index in [0.717, 1.165) is 15.9 Å². The number of furan rings is 1. The molecule has 0 saturated carbocycles. The second-order valence-electron chi connectivity index (χ2n) is 10.2. The van der Waals surface area contributed by atoms with E-state index in [0.29, 0.717) is 5.58 Å². The average Bonchev–Trinajstić information content (AvgIpc) is 3.62. The van der Waals surface area contributed by atoms with Crippen LogP contribution in [0.1, 0.15) is 37.0 Å². The average molecular weight is 569 g/mol. The number of nitrogens with zero attached hydrogens (tertiary/aromatic N) is 3. The molecule has 40 heavy (non-hydrogen) atoms. The van der Waals surface area contributed by atoms with Gasteiger partial charge in [0.05, 0.1) is 18.2 Å². The molecule has 0 bridgehead atoms. The van der Waals surface area contributed by atoms with Crippen molar-refractivity contribution >= 4 is 43.9 Å². The van der Waals surface area contributed by atoms with Crippen molar-refractivity contribution in [2.24, 2.45) is 5.92 Å². The zero-order chi connectivity index (χ0) is 28.6. The Kier molecular flexibility index (Phi) is 7.43. The van der Waals surface area contributed by atoms with Crippen molar-refractivity contribution in [1.82, 2.24) is 19.5 Å². The lowest BCUT2D eigenvalue weighted by Crippen LogP contribution is -2.53. The molecule has 2 aromatic heterocycles. The normalized spacial score (nSPS) is 20.1. The molecule has 4 heterocycles. The summed E-state index contributed by atoms with van der Waals surface area (Å²) in [6.07, 6.45) is 2.06. The van der Waals surface area contributed by atoms with Gasteiger partial charge in [0.1, 0.15) is 17.7 Å². The van der Waals surface area contributed by atoms with Crippen LogP contribution in [0.5, 0.6) is 5.95 Å². The number of carbonyl (C=O) groups excluding carboxylic acids is 4. The van der Waals surface area contributed by atoms with Crippen molar-refractivity contribution in [3.63, 3.8) is 0 Å². The zero-order valence-corrected chi connectivity index (χ0v) is 22.7. The first-order chi connectivity index (χ1) is 19.1. The molecule has 2 aliphatic heterocycles. The summed E-state index contributed by atoms with van der Waals surface area (Å²) in [5.74, 6) is -1.08. The van der Waals surface area contributed by atoms with Crippen LogP contribution in [-0.2, 0) is 19.6 Å². The van der Waals surface area contributed by atoms with Crippen molar-refractivity contribution < 1.29 is 36.7 Å². The van der Waals surface area contributed by atoms with E-state index in [1.54, 1.807) is 24.3 Å². The number of ether oxygens (including phenoxy) is 1. The fraction of sp³-hybridized carbons (Fsp3) is 0.370. The number of sulfonamides is 1. The number of Topliss-reactive ketones (excluding diaryl/α,β-unsaturated/α-hetero) is 1. The van der Waals surface area contributed by atoms with Gasteiger partial charge in [0.15, 0.2) is 5.78 Å². The van der Waals surface area contributed by atoms with Crippen LogP contribution in [0, 0.1) is 5.92 Å². The molecule has 1 aromatic carbocycles. The smallest absolute Gasteiger partial charge is 0.415 e. The molecule has 3 unspecified atom stereocenters. The number of carbonyl (C=O) groups is 4. The molecule has 1 N–H and O–H groups in total. The summed E-state index contributed by atoms with van der Waals surface area (Å²) in [7, 11) is -4.54. The summed E-state index contributed by atoms with van der Waals surface area (Å²) in [5.41, 5.74) is 0.415. The number of amides is 2. The first-order valence-corrected chi connectivity index (χ1v) is 14.3. The second kappa shape index (κ2) is 10.8. The van der Waals surface area contributed by atoms with Gasteiger partial charge in [-0.25, -0.2) is 13.2 Å². The Bertz CT molecular complexity index is 1540. The molecular formula is C27H28N4O8S. The number of ketones is 1. The minimum atomic E-state index is -4.54. The van der Waals surface area contributed by atoms with E-state index >= 15 is 0 Å². The summed E-state index contributed by atoms with van der Waals surface area (Å²) in [6, 6.07) is 8.46. The number of likely N-dealkylation sites (tertiary alicyclic amines) is 1. The van der Waals surface area contributed by atoms with E-state index in [4.69, 9.17) is 9.15 Å². The minimum Gasteiger partial charge on any atom is -0.425 e. The van der Waals surface area contributed by atoms with Crippen molar-refractivity contribution in [2.75, 3.05) is 13.1 Å². The fourth-order valence-corrected chi connectivity index (χ4v) is 6.75. The number of rotatable bonds is 7. The molecule has 12 nitrogen and oxygen atoms in total. The van der Waals surface area contributed by atoms with Gasteiger partial charge < -0.3 is 19.4 Å². The molecule has 2 aliphatic rings. The number of hydrogen-bond donors (Lipinski definition) is 1. The number of hydrogen-bond acceptors (Lipinski definition) is 9. The van der Waals surface area contributed by atoms with Gasteiger partial charge in [-0.1, -0.05) is 32.0 Å². The second-order valence-corrected chi connectivity index (χ2v) is 12.0. The molecular weight excluding hydrogens is 540 g/mol. The molecule has 3 aromatic rings. The van der Waals surface area contributed by atoms with E-state index < -0.39 is 57.6 Å². The number of pyridine rings is 1. The monoisotopic (exact) mass is 568 g/mol. The standard InChI is InChI=1S/C27H28N4O8S/c1-16(2)12-19(29-27(35)39-23-13-17-6-3-4-8-22(17)38-23)25(33)30-11-9-20-24(30)21(32)15-31(20)40(36,37)26(34)18-7-5-10-28-14-18/h3-8,10,13-14,16,19-20,24H,9,11-12,15H2,1-2H3,(H,29,35). The summed E-state index contributed by atoms with van der Waals surface area (Å²) < 4.78 is 38.0. The number of para-hydroxylation sites is 1. The predicted molar refractivity (Wildman–Crippen MR) is 142 cm³/mol. The Morgan fingerprint density at radius 2 is 1.95 bits per heavy atom. The van der Waals surface area contributed by atoms with Crippen molar-refractivity contribution in [1.29, 1.82) is 0 Å². The molecule has 2 fully saturated rings. The highest BCUT2D eigenvalue weighted by Gasteiger charge is 2.55. The van der Waals surface area contributed by atoms with Gasteiger partial charge in [-0.2, -0.15) is 4.31 Å². The van der Waals surface area contributed by atoms with E-state index in [1.807, 2.05) is 19.9 Å². The molecule has 0 radical (unpaired) electrons. The first-order valence-electron chi connectivity index (χ1n) is 12.8. The van der Waals surface area contributed by atoms with E-state index in [1.165, 1.54) is 23.2 Å². The molecule has 0 spiro atoms. The van der Waals surface area contributed by atoms with Crippen LogP contribution >= 0.6 is 0 Å². The molecule has 3 atom stereocenters. The van der Waals surface area contributed by atoms with Gasteiger partial charge in [0, 0.05) is 30.4 Å². The molecule has 2 saturated heterocycles. The first kappa shape index (κ1) is 27.5. The lowest BCUT2D eigenvalue weighted by molar-refractivity contribution is -0.138. The van der Waals surface area contributed by atoms with Gasteiger partial charge in [-0.3, -0.25) is 19.4 Å². The largest absolute Gasteiger partial charge is 0.425 e. The maximum Gasteiger partial charge on any atom is 0.415 e. The number of aromatic nitrogens is 1. The lowest BCUT2D eigenvalue weighted by atomic mass is 10.0. The molecule has 210 valence electrons. The highest BCUT2D eigenvalue weighted by molar-refractivity contribution is 8.04. The number of fused-ring (bicyclic) bond motifs is 2. The van der Waals surface area contributed by atoms with Crippen molar-refractivity contribution in [3.8, 4) is 5.95 Å². The zero-order valence-electron chi connectivity index (χ0n) is 21.8. The van der Waals surface area contributed by atoms with Crippen LogP contribution in [0.25, 0.3) is 11.0 Å². The predicted octanol–water partition coefficient (Wildman–Crippen LogP) is 2.36. The highest BCUT2D eigenvalue weighted by Crippen LogP contribution is 2.33. The van der Waals surface area contributed by atoms with Gasteiger partial charge in [0.25, 0.3) is 21.1 Å². The summed E-state index contributed by atoms with van der Waals surface area (Å²) in [5, 5.41) is 2.16. The molecule has 0 aliphatic carbocycles. The van der Waals surface area contributed by atoms with Crippen LogP contribution in [0.4, 0.5) is 4.79 Å². The third kappa shape index (κ3) is 5.21. The van der Waals surface area contributed by atoms with Crippen molar-refractivity contribution in [2.45, 2.75) is 44.8 Å². The van der Waals surface area contributed by atoms with Gasteiger partial charge in [-0.15, -0.1) is 0 Å². The number of nitrogens with one attached hydrogen (secondary N) is 1. The Hall–Kier alpha value is -4.10. The summed E-state index contributed by atoms with van der Waals surface area (Å²) in [4.78, 5) is 57.3. The van der Waals surface area contributed by atoms with Crippen LogP contribution in [0.2, 0.25) is 0 Å². The van der Waals surface area contributed by atoms with Crippen LogP contribution in [0.15, 0.2) is 59.3 Å². The molecule has 5 rings (SSSR count). The molecule has 2 amide bonds. The fourth-order valence-electron chi connectivity index (χ4n) is 5.24.